The van der Waals surface area contributed by atoms with Crippen LogP contribution in [-0.2, 0) is 0 Å². The van der Waals surface area contributed by atoms with Crippen LogP contribution in [0.15, 0.2) is 12.1 Å². The minimum atomic E-state index is -0.297. The molecular weight excluding hydrogens is 196 g/mol. The van der Waals surface area contributed by atoms with Gasteiger partial charge >= 0.3 is 0 Å². The van der Waals surface area contributed by atoms with E-state index in [4.69, 9.17) is 14.2 Å². The van der Waals surface area contributed by atoms with Crippen LogP contribution in [-0.4, -0.2) is 27.1 Å². The van der Waals surface area contributed by atoms with Crippen LogP contribution in [0.25, 0.3) is 0 Å². The first-order chi connectivity index (χ1) is 7.13. The Balaban J connectivity index is 3.35. The van der Waals surface area contributed by atoms with Gasteiger partial charge in [-0.1, -0.05) is 0 Å². The Hall–Kier alpha value is -1.71. The Morgan fingerprint density at radius 3 is 1.80 bits per heavy atom. The predicted molar refractivity (Wildman–Crippen MR) is 55.8 cm³/mol. The summed E-state index contributed by atoms with van der Waals surface area (Å²) in [7, 11) is 4.50. The van der Waals surface area contributed by atoms with Crippen LogP contribution in [0.3, 0.4) is 0 Å². The summed E-state index contributed by atoms with van der Waals surface area (Å²) in [5.74, 6) is 1.06. The van der Waals surface area contributed by atoms with Crippen LogP contribution < -0.4 is 14.2 Å². The Morgan fingerprint density at radius 1 is 1.07 bits per heavy atom. The summed E-state index contributed by atoms with van der Waals surface area (Å²) >= 11 is 0. The minimum absolute atomic E-state index is 0.297. The largest absolute Gasteiger partial charge is 0.493 e. The van der Waals surface area contributed by atoms with E-state index in [2.05, 4.69) is 6.92 Å². The fourth-order valence-corrected chi connectivity index (χ4v) is 1.24. The monoisotopic (exact) mass is 209 g/mol. The molecule has 0 spiro atoms. The molecule has 0 unspecified atom stereocenters. The van der Waals surface area contributed by atoms with Crippen molar-refractivity contribution in [2.24, 2.45) is 0 Å². The highest BCUT2D eigenvalue weighted by Gasteiger charge is 2.14. The van der Waals surface area contributed by atoms with Crippen molar-refractivity contribution in [2.75, 3.05) is 21.3 Å². The maximum absolute atomic E-state index is 11.1. The van der Waals surface area contributed by atoms with Crippen molar-refractivity contribution in [2.45, 2.75) is 0 Å². The second kappa shape index (κ2) is 4.68. The number of Topliss-reactive ketones (excluding diaryl/α,β-unsaturated/α-hetero) is 1. The summed E-state index contributed by atoms with van der Waals surface area (Å²) in [5, 5.41) is 0. The number of ether oxygens (including phenoxy) is 3. The first kappa shape index (κ1) is 11.4. The van der Waals surface area contributed by atoms with Gasteiger partial charge in [0.25, 0.3) is 0 Å². The molecule has 1 rings (SSSR count). The quantitative estimate of drug-likeness (QED) is 0.708. The summed E-state index contributed by atoms with van der Waals surface area (Å²) in [6.45, 7) is 3.32. The molecule has 1 aromatic rings. The molecule has 1 aromatic carbocycles. The van der Waals surface area contributed by atoms with Crippen molar-refractivity contribution < 1.29 is 19.0 Å². The SMILES string of the molecule is [CH2]C(=O)c1cc(OC)c(OC)c(OC)c1. The number of methoxy groups -OCH3 is 3. The fraction of sp³-hybridized carbons (Fsp3) is 0.273. The smallest absolute Gasteiger partial charge is 0.203 e. The number of rotatable bonds is 4. The topological polar surface area (TPSA) is 44.8 Å². The van der Waals surface area contributed by atoms with Gasteiger partial charge in [-0.05, 0) is 12.1 Å². The lowest BCUT2D eigenvalue weighted by Gasteiger charge is -2.12. The highest BCUT2D eigenvalue weighted by Crippen LogP contribution is 2.38. The zero-order valence-electron chi connectivity index (χ0n) is 8.99. The zero-order valence-corrected chi connectivity index (χ0v) is 8.99. The molecule has 0 aromatic heterocycles. The Labute approximate surface area is 88.8 Å². The van der Waals surface area contributed by atoms with Gasteiger partial charge in [0.2, 0.25) is 5.75 Å². The summed E-state index contributed by atoms with van der Waals surface area (Å²) in [6, 6.07) is 3.13. The maximum atomic E-state index is 11.1. The van der Waals surface area contributed by atoms with E-state index in [0.29, 0.717) is 22.8 Å². The maximum Gasteiger partial charge on any atom is 0.203 e. The molecule has 0 heterocycles. The number of benzene rings is 1. The molecule has 0 fully saturated rings. The third-order valence-electron chi connectivity index (χ3n) is 1.99. The predicted octanol–water partition coefficient (Wildman–Crippen LogP) is 1.73. The molecular formula is C11H13O4. The van der Waals surface area contributed by atoms with E-state index in [1.807, 2.05) is 0 Å². The third kappa shape index (κ3) is 2.21. The third-order valence-corrected chi connectivity index (χ3v) is 1.99. The van der Waals surface area contributed by atoms with Crippen LogP contribution in [0, 0.1) is 6.92 Å². The molecule has 4 nitrogen and oxygen atoms in total. The highest BCUT2D eigenvalue weighted by molar-refractivity contribution is 6.00. The lowest BCUT2D eigenvalue weighted by Crippen LogP contribution is -1.99. The van der Waals surface area contributed by atoms with Crippen molar-refractivity contribution in [1.29, 1.82) is 0 Å². The summed E-state index contributed by atoms with van der Waals surface area (Å²) in [4.78, 5) is 11.1. The molecule has 0 aliphatic carbocycles. The molecule has 0 atom stereocenters. The van der Waals surface area contributed by atoms with Gasteiger partial charge in [-0.15, -0.1) is 0 Å². The van der Waals surface area contributed by atoms with Gasteiger partial charge in [0.05, 0.1) is 21.3 Å². The number of carbonyl (C=O) groups is 1. The fourth-order valence-electron chi connectivity index (χ4n) is 1.24. The molecule has 15 heavy (non-hydrogen) atoms. The number of ketones is 1. The van der Waals surface area contributed by atoms with Crippen molar-refractivity contribution in [3.8, 4) is 17.2 Å². The molecule has 0 bridgehead atoms. The highest BCUT2D eigenvalue weighted by atomic mass is 16.5. The van der Waals surface area contributed by atoms with Gasteiger partial charge in [-0.25, -0.2) is 0 Å². The number of carbonyl (C=O) groups excluding carboxylic acids is 1. The molecule has 0 saturated heterocycles. The molecule has 81 valence electrons. The van der Waals surface area contributed by atoms with Gasteiger partial charge in [0.15, 0.2) is 17.3 Å². The van der Waals surface area contributed by atoms with Crippen LogP contribution in [0.2, 0.25) is 0 Å². The van der Waals surface area contributed by atoms with Gasteiger partial charge in [-0.2, -0.15) is 0 Å². The van der Waals surface area contributed by atoms with Crippen LogP contribution >= 0.6 is 0 Å². The molecule has 1 radical (unpaired) electrons. The van der Waals surface area contributed by atoms with Crippen molar-refractivity contribution in [3.63, 3.8) is 0 Å². The van der Waals surface area contributed by atoms with Gasteiger partial charge in [0, 0.05) is 12.5 Å². The van der Waals surface area contributed by atoms with Gasteiger partial charge in [0.1, 0.15) is 0 Å². The van der Waals surface area contributed by atoms with Crippen LogP contribution in [0.1, 0.15) is 10.4 Å². The van der Waals surface area contributed by atoms with E-state index in [0.717, 1.165) is 0 Å². The average Bonchev–Trinajstić information content (AvgIpc) is 2.26. The minimum Gasteiger partial charge on any atom is -0.493 e. The van der Waals surface area contributed by atoms with E-state index in [1.54, 1.807) is 12.1 Å². The standard InChI is InChI=1S/C11H13O4/c1-7(12)8-5-9(13-2)11(15-4)10(6-8)14-3/h5-6H,1H2,2-4H3. The molecule has 0 amide bonds. The molecule has 0 aliphatic heterocycles. The van der Waals surface area contributed by atoms with Crippen molar-refractivity contribution in [1.82, 2.24) is 0 Å². The van der Waals surface area contributed by atoms with Crippen LogP contribution in [0.4, 0.5) is 0 Å². The summed E-state index contributed by atoms with van der Waals surface area (Å²) < 4.78 is 15.3. The van der Waals surface area contributed by atoms with E-state index in [1.165, 1.54) is 21.3 Å². The molecule has 0 N–H and O–H groups in total. The molecule has 0 aliphatic rings. The normalized spacial score (nSPS) is 9.60. The second-order valence-electron chi connectivity index (χ2n) is 2.84. The summed E-state index contributed by atoms with van der Waals surface area (Å²) in [5.41, 5.74) is 0.421. The van der Waals surface area contributed by atoms with Gasteiger partial charge < -0.3 is 14.2 Å². The van der Waals surface area contributed by atoms with E-state index < -0.39 is 0 Å². The molecule has 4 heteroatoms. The second-order valence-corrected chi connectivity index (χ2v) is 2.84. The summed E-state index contributed by atoms with van der Waals surface area (Å²) in [6.07, 6.45) is 0. The Kier molecular flexibility index (Phi) is 3.55. The Bertz CT molecular complexity index is 346. The number of hydrogen-bond donors (Lipinski definition) is 0. The van der Waals surface area contributed by atoms with Crippen molar-refractivity contribution in [3.05, 3.63) is 24.6 Å². The Morgan fingerprint density at radius 2 is 1.53 bits per heavy atom. The van der Waals surface area contributed by atoms with Crippen LogP contribution in [0.5, 0.6) is 17.2 Å². The first-order valence-corrected chi connectivity index (χ1v) is 4.30. The lowest BCUT2D eigenvalue weighted by atomic mass is 10.1. The van der Waals surface area contributed by atoms with E-state index >= 15 is 0 Å². The van der Waals surface area contributed by atoms with Gasteiger partial charge in [-0.3, -0.25) is 4.79 Å². The van der Waals surface area contributed by atoms with Crippen molar-refractivity contribution >= 4 is 5.78 Å². The number of hydrogen-bond acceptors (Lipinski definition) is 4. The van der Waals surface area contributed by atoms with E-state index in [-0.39, 0.29) is 5.78 Å². The average molecular weight is 209 g/mol. The molecule has 0 saturated carbocycles. The first-order valence-electron chi connectivity index (χ1n) is 4.30. The zero-order chi connectivity index (χ0) is 11.4. The lowest BCUT2D eigenvalue weighted by molar-refractivity contribution is 0.104. The van der Waals surface area contributed by atoms with E-state index in [9.17, 15) is 4.79 Å².